The Morgan fingerprint density at radius 1 is 1.83 bits per heavy atom. The first-order valence-electron chi connectivity index (χ1n) is 3.63. The molecule has 1 rings (SSSR count). The summed E-state index contributed by atoms with van der Waals surface area (Å²) in [6, 6.07) is 1.41. The third-order valence-electron chi connectivity index (χ3n) is 1.33. The van der Waals surface area contributed by atoms with Crippen LogP contribution in [0.1, 0.15) is 23.2 Å². The van der Waals surface area contributed by atoms with E-state index >= 15 is 0 Å². The molecule has 1 aromatic heterocycles. The molecular weight excluding hydrogens is 160 g/mol. The second-order valence-corrected chi connectivity index (χ2v) is 2.27. The fourth-order valence-corrected chi connectivity index (χ4v) is 0.749. The van der Waals surface area contributed by atoms with Gasteiger partial charge in [0.15, 0.2) is 0 Å². The molecule has 1 heterocycles. The summed E-state index contributed by atoms with van der Waals surface area (Å²) in [4.78, 5) is 10.3. The van der Waals surface area contributed by atoms with Crippen LogP contribution in [-0.2, 0) is 6.54 Å². The number of carboxylic acid groups (broad SMARTS) is 1. The van der Waals surface area contributed by atoms with Crippen molar-refractivity contribution in [1.29, 1.82) is 0 Å². The standard InChI is InChI=1S/C7H10N2O3/c1-2-8-4-5-3-6(7(10)11)12-9-5/h3,8H,2,4H2,1H3,(H,10,11). The van der Waals surface area contributed by atoms with Crippen LogP contribution in [0.15, 0.2) is 10.6 Å². The number of carboxylic acids is 1. The monoisotopic (exact) mass is 170 g/mol. The smallest absolute Gasteiger partial charge is 0.374 e. The van der Waals surface area contributed by atoms with E-state index in [0.717, 1.165) is 6.54 Å². The van der Waals surface area contributed by atoms with E-state index in [4.69, 9.17) is 5.11 Å². The van der Waals surface area contributed by atoms with Gasteiger partial charge in [0, 0.05) is 12.6 Å². The number of aromatic nitrogens is 1. The predicted molar refractivity (Wildman–Crippen MR) is 40.8 cm³/mol. The highest BCUT2D eigenvalue weighted by Gasteiger charge is 2.09. The molecular formula is C7H10N2O3. The summed E-state index contributed by atoms with van der Waals surface area (Å²) in [6.07, 6.45) is 0. The molecule has 66 valence electrons. The molecule has 0 spiro atoms. The van der Waals surface area contributed by atoms with Crippen LogP contribution in [0.4, 0.5) is 0 Å². The number of hydrogen-bond donors (Lipinski definition) is 2. The number of carbonyl (C=O) groups is 1. The van der Waals surface area contributed by atoms with Gasteiger partial charge in [-0.1, -0.05) is 12.1 Å². The minimum Gasteiger partial charge on any atom is -0.475 e. The van der Waals surface area contributed by atoms with E-state index in [9.17, 15) is 4.79 Å². The zero-order valence-electron chi connectivity index (χ0n) is 6.70. The van der Waals surface area contributed by atoms with Gasteiger partial charge in [0.25, 0.3) is 0 Å². The lowest BCUT2D eigenvalue weighted by molar-refractivity contribution is 0.0652. The molecule has 0 radical (unpaired) electrons. The summed E-state index contributed by atoms with van der Waals surface area (Å²) in [5, 5.41) is 15.0. The Morgan fingerprint density at radius 3 is 3.08 bits per heavy atom. The maximum absolute atomic E-state index is 10.3. The van der Waals surface area contributed by atoms with Gasteiger partial charge < -0.3 is 14.9 Å². The summed E-state index contributed by atoms with van der Waals surface area (Å²) in [7, 11) is 0. The van der Waals surface area contributed by atoms with Crippen LogP contribution in [0, 0.1) is 0 Å². The molecule has 0 atom stereocenters. The van der Waals surface area contributed by atoms with Gasteiger partial charge in [0.1, 0.15) is 0 Å². The van der Waals surface area contributed by atoms with Crippen molar-refractivity contribution < 1.29 is 14.4 Å². The topological polar surface area (TPSA) is 75.4 Å². The van der Waals surface area contributed by atoms with E-state index in [0.29, 0.717) is 12.2 Å². The lowest BCUT2D eigenvalue weighted by Crippen LogP contribution is -2.11. The van der Waals surface area contributed by atoms with Crippen molar-refractivity contribution in [3.05, 3.63) is 17.5 Å². The van der Waals surface area contributed by atoms with Crippen molar-refractivity contribution in [3.63, 3.8) is 0 Å². The average molecular weight is 170 g/mol. The lowest BCUT2D eigenvalue weighted by Gasteiger charge is -1.92. The zero-order valence-corrected chi connectivity index (χ0v) is 6.70. The molecule has 5 nitrogen and oxygen atoms in total. The molecule has 0 aliphatic rings. The molecule has 0 unspecified atom stereocenters. The minimum absolute atomic E-state index is 0.122. The van der Waals surface area contributed by atoms with Gasteiger partial charge in [-0.05, 0) is 6.54 Å². The van der Waals surface area contributed by atoms with Crippen LogP contribution in [0.25, 0.3) is 0 Å². The molecule has 0 aromatic carbocycles. The van der Waals surface area contributed by atoms with Crippen LogP contribution < -0.4 is 5.32 Å². The van der Waals surface area contributed by atoms with Crippen LogP contribution in [0.2, 0.25) is 0 Å². The number of aromatic carboxylic acids is 1. The van der Waals surface area contributed by atoms with Crippen LogP contribution in [-0.4, -0.2) is 22.8 Å². The maximum atomic E-state index is 10.3. The Hall–Kier alpha value is -1.36. The lowest BCUT2D eigenvalue weighted by atomic mass is 10.3. The van der Waals surface area contributed by atoms with Gasteiger partial charge in [-0.3, -0.25) is 0 Å². The summed E-state index contributed by atoms with van der Waals surface area (Å²) in [6.45, 7) is 3.31. The molecule has 0 saturated carbocycles. The highest BCUT2D eigenvalue weighted by atomic mass is 16.5. The average Bonchev–Trinajstić information content (AvgIpc) is 2.48. The molecule has 0 aliphatic carbocycles. The largest absolute Gasteiger partial charge is 0.475 e. The number of nitrogens with zero attached hydrogens (tertiary/aromatic N) is 1. The SMILES string of the molecule is CCNCc1cc(C(=O)O)on1. The number of rotatable bonds is 4. The van der Waals surface area contributed by atoms with Gasteiger partial charge in [-0.2, -0.15) is 0 Å². The Morgan fingerprint density at radius 2 is 2.58 bits per heavy atom. The Bertz CT molecular complexity index is 269. The molecule has 2 N–H and O–H groups in total. The minimum atomic E-state index is -1.09. The van der Waals surface area contributed by atoms with Gasteiger partial charge in [-0.15, -0.1) is 0 Å². The normalized spacial score (nSPS) is 10.1. The predicted octanol–water partition coefficient (Wildman–Crippen LogP) is 0.482. The first-order valence-corrected chi connectivity index (χ1v) is 3.63. The number of nitrogens with one attached hydrogen (secondary N) is 1. The van der Waals surface area contributed by atoms with Crippen LogP contribution in [0.3, 0.4) is 0 Å². The quantitative estimate of drug-likeness (QED) is 0.687. The number of hydrogen-bond acceptors (Lipinski definition) is 4. The van der Waals surface area contributed by atoms with Crippen molar-refractivity contribution in [2.24, 2.45) is 0 Å². The van der Waals surface area contributed by atoms with Gasteiger partial charge in [-0.25, -0.2) is 4.79 Å². The van der Waals surface area contributed by atoms with E-state index < -0.39 is 5.97 Å². The highest BCUT2D eigenvalue weighted by molar-refractivity contribution is 5.84. The maximum Gasteiger partial charge on any atom is 0.374 e. The van der Waals surface area contributed by atoms with E-state index in [-0.39, 0.29) is 5.76 Å². The van der Waals surface area contributed by atoms with Gasteiger partial charge in [0.05, 0.1) is 5.69 Å². The summed E-state index contributed by atoms with van der Waals surface area (Å²) in [5.74, 6) is -1.21. The molecule has 0 fully saturated rings. The molecule has 12 heavy (non-hydrogen) atoms. The Labute approximate surface area is 69.4 Å². The molecule has 0 bridgehead atoms. The molecule has 0 amide bonds. The Balaban J connectivity index is 2.58. The molecule has 0 aliphatic heterocycles. The van der Waals surface area contributed by atoms with Crippen molar-refractivity contribution in [1.82, 2.24) is 10.5 Å². The van der Waals surface area contributed by atoms with Crippen molar-refractivity contribution in [2.45, 2.75) is 13.5 Å². The van der Waals surface area contributed by atoms with Gasteiger partial charge in [0.2, 0.25) is 5.76 Å². The fourth-order valence-electron chi connectivity index (χ4n) is 0.749. The second kappa shape index (κ2) is 3.87. The third kappa shape index (κ3) is 2.06. The Kier molecular flexibility index (Phi) is 2.82. The molecule has 5 heteroatoms. The van der Waals surface area contributed by atoms with E-state index in [1.807, 2.05) is 6.92 Å². The zero-order chi connectivity index (χ0) is 8.97. The van der Waals surface area contributed by atoms with Crippen LogP contribution in [0.5, 0.6) is 0 Å². The summed E-state index contributed by atoms with van der Waals surface area (Å²) >= 11 is 0. The second-order valence-electron chi connectivity index (χ2n) is 2.27. The first-order chi connectivity index (χ1) is 5.74. The van der Waals surface area contributed by atoms with E-state index in [1.54, 1.807) is 0 Å². The summed E-state index contributed by atoms with van der Waals surface area (Å²) in [5.41, 5.74) is 0.606. The fraction of sp³-hybridized carbons (Fsp3) is 0.429. The van der Waals surface area contributed by atoms with E-state index in [2.05, 4.69) is 15.0 Å². The van der Waals surface area contributed by atoms with Crippen LogP contribution >= 0.6 is 0 Å². The van der Waals surface area contributed by atoms with Crippen molar-refractivity contribution in [3.8, 4) is 0 Å². The molecule has 0 saturated heterocycles. The highest BCUT2D eigenvalue weighted by Crippen LogP contribution is 2.02. The van der Waals surface area contributed by atoms with Crippen molar-refractivity contribution in [2.75, 3.05) is 6.54 Å². The first kappa shape index (κ1) is 8.73. The summed E-state index contributed by atoms with van der Waals surface area (Å²) < 4.78 is 4.53. The third-order valence-corrected chi connectivity index (χ3v) is 1.33. The molecule has 1 aromatic rings. The van der Waals surface area contributed by atoms with E-state index in [1.165, 1.54) is 6.07 Å². The van der Waals surface area contributed by atoms with Crippen molar-refractivity contribution >= 4 is 5.97 Å². The van der Waals surface area contributed by atoms with Gasteiger partial charge >= 0.3 is 5.97 Å².